The van der Waals surface area contributed by atoms with Gasteiger partial charge >= 0.3 is 17.9 Å². The monoisotopic (exact) mass is 780 g/mol. The Morgan fingerprint density at radius 3 is 1.65 bits per heavy atom. The van der Waals surface area contributed by atoms with Crippen LogP contribution < -0.4 is 0 Å². The van der Waals surface area contributed by atoms with Gasteiger partial charge in [-0.1, -0.05) is 55.6 Å². The number of methoxy groups -OCH3 is 2. The number of ether oxygens (including phenoxy) is 9. The van der Waals surface area contributed by atoms with Crippen LogP contribution in [0.1, 0.15) is 48.0 Å². The van der Waals surface area contributed by atoms with Crippen LogP contribution in [0.2, 0.25) is 18.1 Å². The Bertz CT molecular complexity index is 1020. The van der Waals surface area contributed by atoms with Crippen LogP contribution in [0.5, 0.6) is 0 Å². The first-order valence-corrected chi connectivity index (χ1v) is 19.8. The van der Waals surface area contributed by atoms with Gasteiger partial charge in [-0.3, -0.25) is 4.79 Å². The fourth-order valence-electron chi connectivity index (χ4n) is 3.43. The number of rotatable bonds is 25. The highest BCUT2D eigenvalue weighted by atomic mass is 35.6. The van der Waals surface area contributed by atoms with Crippen LogP contribution in [0.3, 0.4) is 0 Å². The molecule has 286 valence electrons. The van der Waals surface area contributed by atoms with Crippen molar-refractivity contribution >= 4 is 61.0 Å². The van der Waals surface area contributed by atoms with Gasteiger partial charge in [0.1, 0.15) is 44.6 Å². The maximum Gasteiger partial charge on any atom is 0.330 e. The second kappa shape index (κ2) is 24.8. The molecule has 0 aliphatic rings. The molecule has 49 heavy (non-hydrogen) atoms. The first kappa shape index (κ1) is 47.7. The molecule has 0 unspecified atom stereocenters. The van der Waals surface area contributed by atoms with Crippen LogP contribution in [-0.2, 0) is 61.4 Å². The molecule has 0 aliphatic carbocycles. The SMILES string of the molecule is COCCOCO[C@H](/C=C/C(=O)O[C@@H](C)CC(=O)OCC(Cl)(Cl)Cl)[C@H](C)OC(=O)/C=C/[C@@H](OCOCCOC)[C@H](C)O[Si](C)(C)C(C)(C)C. The molecule has 0 saturated heterocycles. The Labute approximate surface area is 307 Å². The van der Waals surface area contributed by atoms with Gasteiger partial charge in [-0.05, 0) is 51.1 Å². The van der Waals surface area contributed by atoms with E-state index in [1.165, 1.54) is 26.2 Å². The summed E-state index contributed by atoms with van der Waals surface area (Å²) in [4.78, 5) is 37.3. The summed E-state index contributed by atoms with van der Waals surface area (Å²) in [5.74, 6) is -2.18. The minimum absolute atomic E-state index is 0.0380. The Balaban J connectivity index is 5.57. The quantitative estimate of drug-likeness (QED) is 0.0213. The van der Waals surface area contributed by atoms with Gasteiger partial charge in [0.05, 0.1) is 39.0 Å². The zero-order valence-electron chi connectivity index (χ0n) is 30.3. The van der Waals surface area contributed by atoms with Gasteiger partial charge in [-0.25, -0.2) is 9.59 Å². The third kappa shape index (κ3) is 23.7. The fraction of sp³-hybridized carbons (Fsp3) is 0.781. The lowest BCUT2D eigenvalue weighted by atomic mass is 10.2. The maximum absolute atomic E-state index is 12.9. The van der Waals surface area contributed by atoms with E-state index < -0.39 is 67.1 Å². The molecule has 0 amide bonds. The molecule has 0 aromatic carbocycles. The van der Waals surface area contributed by atoms with Crippen molar-refractivity contribution in [1.82, 2.24) is 0 Å². The molecule has 0 spiro atoms. The number of esters is 3. The van der Waals surface area contributed by atoms with Crippen LogP contribution in [0.4, 0.5) is 0 Å². The van der Waals surface area contributed by atoms with Crippen molar-refractivity contribution in [2.24, 2.45) is 0 Å². The molecule has 0 fully saturated rings. The highest BCUT2D eigenvalue weighted by Crippen LogP contribution is 2.37. The molecular weight excluding hydrogens is 727 g/mol. The number of carbonyl (C=O) groups is 3. The molecule has 0 saturated carbocycles. The summed E-state index contributed by atoms with van der Waals surface area (Å²) in [5.41, 5.74) is 0. The molecule has 0 aromatic rings. The zero-order chi connectivity index (χ0) is 37.7. The predicted molar refractivity (Wildman–Crippen MR) is 188 cm³/mol. The summed E-state index contributed by atoms with van der Waals surface area (Å²) in [6, 6.07) is 0. The smallest absolute Gasteiger partial charge is 0.330 e. The van der Waals surface area contributed by atoms with Crippen LogP contribution >= 0.6 is 34.8 Å². The topological polar surface area (TPSA) is 144 Å². The van der Waals surface area contributed by atoms with Gasteiger partial charge in [0.25, 0.3) is 0 Å². The third-order valence-corrected chi connectivity index (χ3v) is 12.0. The first-order valence-electron chi connectivity index (χ1n) is 15.8. The Hall–Kier alpha value is -1.30. The molecule has 0 aromatic heterocycles. The highest BCUT2D eigenvalue weighted by Gasteiger charge is 2.39. The first-order chi connectivity index (χ1) is 22.7. The zero-order valence-corrected chi connectivity index (χ0v) is 33.6. The standard InChI is InChI=1S/C32H55Cl3O13Si/c1-23(19-30(38)43-20-32(33,34)35)46-28(36)13-11-26(44-21-41-17-15-39-7)24(2)47-29(37)14-12-27(45-22-42-18-16-40-8)25(3)48-49(9,10)31(4,5)6/h11-14,23-27H,15-22H2,1-10H3/b13-11+,14-12+/t23-,24-,25-,26+,27+/m0/s1. The average Bonchev–Trinajstić information content (AvgIpc) is 2.97. The molecular formula is C32H55Cl3O13Si. The molecule has 0 aliphatic heterocycles. The van der Waals surface area contributed by atoms with Crippen molar-refractivity contribution in [2.45, 2.75) is 100 Å². The number of hydrogen-bond acceptors (Lipinski definition) is 13. The van der Waals surface area contributed by atoms with Crippen LogP contribution in [0.15, 0.2) is 24.3 Å². The van der Waals surface area contributed by atoms with Gasteiger partial charge < -0.3 is 47.1 Å². The van der Waals surface area contributed by atoms with E-state index in [2.05, 4.69) is 33.9 Å². The van der Waals surface area contributed by atoms with Gasteiger partial charge in [-0.2, -0.15) is 0 Å². The van der Waals surface area contributed by atoms with Crippen LogP contribution in [0.25, 0.3) is 0 Å². The minimum atomic E-state index is -2.17. The van der Waals surface area contributed by atoms with E-state index in [0.29, 0.717) is 19.8 Å². The summed E-state index contributed by atoms with van der Waals surface area (Å²) in [7, 11) is 0.935. The highest BCUT2D eigenvalue weighted by molar-refractivity contribution is 6.74. The predicted octanol–water partition coefficient (Wildman–Crippen LogP) is 5.69. The Morgan fingerprint density at radius 2 is 1.20 bits per heavy atom. The minimum Gasteiger partial charge on any atom is -0.461 e. The van der Waals surface area contributed by atoms with E-state index in [9.17, 15) is 14.4 Å². The van der Waals surface area contributed by atoms with Gasteiger partial charge in [0.15, 0.2) is 8.32 Å². The number of alkyl halides is 3. The van der Waals surface area contributed by atoms with E-state index >= 15 is 0 Å². The normalized spacial score (nSPS) is 15.9. The van der Waals surface area contributed by atoms with Crippen LogP contribution in [-0.4, -0.2) is 121 Å². The second-order valence-electron chi connectivity index (χ2n) is 12.5. The second-order valence-corrected chi connectivity index (χ2v) is 19.7. The van der Waals surface area contributed by atoms with Gasteiger partial charge in [-0.15, -0.1) is 0 Å². The van der Waals surface area contributed by atoms with E-state index in [1.807, 2.05) is 6.92 Å². The summed E-state index contributed by atoms with van der Waals surface area (Å²) < 4.78 is 52.8. The molecule has 0 heterocycles. The average molecular weight is 782 g/mol. The maximum atomic E-state index is 12.9. The largest absolute Gasteiger partial charge is 0.461 e. The van der Waals surface area contributed by atoms with Gasteiger partial charge in [0, 0.05) is 26.4 Å². The van der Waals surface area contributed by atoms with Crippen molar-refractivity contribution in [1.29, 1.82) is 0 Å². The molecule has 0 rings (SSSR count). The van der Waals surface area contributed by atoms with Crippen molar-refractivity contribution in [3.63, 3.8) is 0 Å². The fourth-order valence-corrected chi connectivity index (χ4v) is 5.01. The summed E-state index contributed by atoms with van der Waals surface area (Å²) in [6.07, 6.45) is 1.32. The van der Waals surface area contributed by atoms with E-state index in [4.69, 9.17) is 81.9 Å². The molecule has 5 atom stereocenters. The van der Waals surface area contributed by atoms with Crippen molar-refractivity contribution < 1.29 is 61.4 Å². The van der Waals surface area contributed by atoms with E-state index in [0.717, 1.165) is 6.08 Å². The lowest BCUT2D eigenvalue weighted by Crippen LogP contribution is -2.46. The summed E-state index contributed by atoms with van der Waals surface area (Å²) >= 11 is 16.7. The Kier molecular flexibility index (Phi) is 24.1. The molecule has 17 heteroatoms. The third-order valence-electron chi connectivity index (χ3n) is 7.08. The van der Waals surface area contributed by atoms with Crippen molar-refractivity contribution in [3.8, 4) is 0 Å². The Morgan fingerprint density at radius 1 is 0.735 bits per heavy atom. The number of hydrogen-bond donors (Lipinski definition) is 0. The van der Waals surface area contributed by atoms with Crippen molar-refractivity contribution in [3.05, 3.63) is 24.3 Å². The van der Waals surface area contributed by atoms with E-state index in [1.54, 1.807) is 20.1 Å². The lowest BCUT2D eigenvalue weighted by molar-refractivity contribution is -0.155. The molecule has 0 N–H and O–H groups in total. The summed E-state index contributed by atoms with van der Waals surface area (Å²) in [6.45, 7) is 16.3. The lowest BCUT2D eigenvalue weighted by Gasteiger charge is -2.39. The molecule has 0 bridgehead atoms. The van der Waals surface area contributed by atoms with Gasteiger partial charge in [0.2, 0.25) is 3.79 Å². The molecule has 13 nitrogen and oxygen atoms in total. The van der Waals surface area contributed by atoms with Crippen molar-refractivity contribution in [2.75, 3.05) is 60.8 Å². The molecule has 0 radical (unpaired) electrons. The van der Waals surface area contributed by atoms with E-state index in [-0.39, 0.29) is 31.7 Å². The number of halogens is 3. The van der Waals surface area contributed by atoms with Crippen LogP contribution in [0, 0.1) is 0 Å². The number of carbonyl (C=O) groups excluding carboxylic acids is 3. The summed E-state index contributed by atoms with van der Waals surface area (Å²) in [5, 5.41) is -0.0438.